The van der Waals surface area contributed by atoms with Crippen molar-refractivity contribution in [1.82, 2.24) is 0 Å². The lowest BCUT2D eigenvalue weighted by Crippen LogP contribution is -2.21. The highest BCUT2D eigenvalue weighted by atomic mass is 32.2. The lowest BCUT2D eigenvalue weighted by atomic mass is 10.1. The van der Waals surface area contributed by atoms with E-state index in [2.05, 4.69) is 4.74 Å². The molecule has 0 radical (unpaired) electrons. The van der Waals surface area contributed by atoms with Gasteiger partial charge in [-0.3, -0.25) is 0 Å². The fourth-order valence-corrected chi connectivity index (χ4v) is 4.12. The van der Waals surface area contributed by atoms with Crippen LogP contribution in [-0.2, 0) is 14.6 Å². The van der Waals surface area contributed by atoms with Gasteiger partial charge in [-0.25, -0.2) is 8.42 Å². The Bertz CT molecular complexity index is 590. The van der Waals surface area contributed by atoms with Crippen molar-refractivity contribution in [3.63, 3.8) is 0 Å². The van der Waals surface area contributed by atoms with Crippen LogP contribution < -0.4 is 4.74 Å². The van der Waals surface area contributed by atoms with Crippen LogP contribution in [0.2, 0.25) is 0 Å². The van der Waals surface area contributed by atoms with Crippen LogP contribution in [0.15, 0.2) is 24.3 Å². The predicted molar refractivity (Wildman–Crippen MR) is 74.3 cm³/mol. The standard InChI is InChI=1S/C14H17F3O4S/c1-10(22(18,19)9-11-6-7-20-8-11)12-2-4-13(5-3-12)21-14(15,16)17/h2-5,10-11H,6-9H2,1H3/t10-,11-/m0/s1. The van der Waals surface area contributed by atoms with E-state index in [1.165, 1.54) is 19.1 Å². The summed E-state index contributed by atoms with van der Waals surface area (Å²) in [4.78, 5) is 0. The molecular weight excluding hydrogens is 321 g/mol. The zero-order chi connectivity index (χ0) is 16.4. The van der Waals surface area contributed by atoms with E-state index in [1.807, 2.05) is 0 Å². The van der Waals surface area contributed by atoms with Crippen molar-refractivity contribution in [1.29, 1.82) is 0 Å². The van der Waals surface area contributed by atoms with Crippen molar-refractivity contribution in [2.75, 3.05) is 19.0 Å². The van der Waals surface area contributed by atoms with Gasteiger partial charge >= 0.3 is 6.36 Å². The molecule has 1 aromatic carbocycles. The van der Waals surface area contributed by atoms with Crippen molar-refractivity contribution in [2.45, 2.75) is 25.0 Å². The molecule has 2 rings (SSSR count). The van der Waals surface area contributed by atoms with E-state index in [0.29, 0.717) is 25.2 Å². The average Bonchev–Trinajstić information content (AvgIpc) is 2.89. The number of benzene rings is 1. The maximum atomic E-state index is 12.3. The molecule has 8 heteroatoms. The smallest absolute Gasteiger partial charge is 0.406 e. The van der Waals surface area contributed by atoms with Gasteiger partial charge in [-0.2, -0.15) is 0 Å². The van der Waals surface area contributed by atoms with Gasteiger partial charge in [0.25, 0.3) is 0 Å². The SMILES string of the molecule is C[C@@H](c1ccc(OC(F)(F)F)cc1)S(=O)(=O)C[C@H]1CCOC1. The normalized spacial score (nSPS) is 20.8. The molecule has 0 saturated carbocycles. The molecule has 0 unspecified atom stereocenters. The van der Waals surface area contributed by atoms with Crippen LogP contribution in [0.1, 0.15) is 24.2 Å². The summed E-state index contributed by atoms with van der Waals surface area (Å²) in [5.41, 5.74) is 0.438. The molecule has 1 heterocycles. The summed E-state index contributed by atoms with van der Waals surface area (Å²) in [7, 11) is -3.39. The minimum atomic E-state index is -4.76. The summed E-state index contributed by atoms with van der Waals surface area (Å²) in [6.07, 6.45) is -4.05. The molecule has 0 bridgehead atoms. The van der Waals surface area contributed by atoms with Crippen molar-refractivity contribution in [2.24, 2.45) is 5.92 Å². The topological polar surface area (TPSA) is 52.6 Å². The summed E-state index contributed by atoms with van der Waals surface area (Å²) in [5.74, 6) is -0.361. The van der Waals surface area contributed by atoms with Gasteiger partial charge in [-0.1, -0.05) is 12.1 Å². The highest BCUT2D eigenvalue weighted by molar-refractivity contribution is 7.91. The van der Waals surface area contributed by atoms with Gasteiger partial charge in [0.15, 0.2) is 9.84 Å². The Hall–Kier alpha value is -1.28. The Balaban J connectivity index is 2.06. The minimum Gasteiger partial charge on any atom is -0.406 e. The Morgan fingerprint density at radius 2 is 1.95 bits per heavy atom. The predicted octanol–water partition coefficient (Wildman–Crippen LogP) is 3.10. The highest BCUT2D eigenvalue weighted by Gasteiger charge is 2.32. The Morgan fingerprint density at radius 1 is 1.32 bits per heavy atom. The Morgan fingerprint density at radius 3 is 2.45 bits per heavy atom. The number of hydrogen-bond donors (Lipinski definition) is 0. The maximum Gasteiger partial charge on any atom is 0.573 e. The van der Waals surface area contributed by atoms with Crippen LogP contribution in [0.25, 0.3) is 0 Å². The molecule has 0 aliphatic carbocycles. The second-order valence-corrected chi connectivity index (χ2v) is 7.68. The molecular formula is C14H17F3O4S. The van der Waals surface area contributed by atoms with Gasteiger partial charge in [0.05, 0.1) is 17.6 Å². The van der Waals surface area contributed by atoms with Crippen LogP contribution in [0.4, 0.5) is 13.2 Å². The molecule has 1 fully saturated rings. The van der Waals surface area contributed by atoms with Gasteiger partial charge < -0.3 is 9.47 Å². The van der Waals surface area contributed by atoms with Crippen LogP contribution in [-0.4, -0.2) is 33.7 Å². The lowest BCUT2D eigenvalue weighted by molar-refractivity contribution is -0.274. The third-order valence-corrected chi connectivity index (χ3v) is 5.90. The zero-order valence-electron chi connectivity index (χ0n) is 12.0. The molecule has 124 valence electrons. The number of hydrogen-bond acceptors (Lipinski definition) is 4. The Labute approximate surface area is 127 Å². The summed E-state index contributed by atoms with van der Waals surface area (Å²) >= 11 is 0. The maximum absolute atomic E-state index is 12.3. The van der Waals surface area contributed by atoms with E-state index in [-0.39, 0.29) is 17.4 Å². The molecule has 0 aromatic heterocycles. The first-order valence-electron chi connectivity index (χ1n) is 6.82. The number of alkyl halides is 3. The number of ether oxygens (including phenoxy) is 2. The number of halogens is 3. The molecule has 22 heavy (non-hydrogen) atoms. The first-order chi connectivity index (χ1) is 10.2. The van der Waals surface area contributed by atoms with Gasteiger partial charge in [0.1, 0.15) is 5.75 Å². The van der Waals surface area contributed by atoms with Crippen molar-refractivity contribution in [3.8, 4) is 5.75 Å². The molecule has 1 saturated heterocycles. The van der Waals surface area contributed by atoms with E-state index in [9.17, 15) is 21.6 Å². The number of sulfone groups is 1. The molecule has 0 N–H and O–H groups in total. The number of rotatable bonds is 5. The lowest BCUT2D eigenvalue weighted by Gasteiger charge is -2.16. The van der Waals surface area contributed by atoms with Crippen molar-refractivity contribution < 1.29 is 31.1 Å². The van der Waals surface area contributed by atoms with Crippen LogP contribution >= 0.6 is 0 Å². The molecule has 4 nitrogen and oxygen atoms in total. The molecule has 0 amide bonds. The summed E-state index contributed by atoms with van der Waals surface area (Å²) in [6, 6.07) is 4.92. The van der Waals surface area contributed by atoms with Crippen LogP contribution in [0, 0.1) is 5.92 Å². The molecule has 1 aliphatic rings. The first-order valence-corrected chi connectivity index (χ1v) is 8.54. The fraction of sp³-hybridized carbons (Fsp3) is 0.571. The van der Waals surface area contributed by atoms with Crippen molar-refractivity contribution >= 4 is 9.84 Å². The second-order valence-electron chi connectivity index (χ2n) is 5.32. The minimum absolute atomic E-state index is 0.0136. The Kier molecular flexibility index (Phi) is 5.01. The van der Waals surface area contributed by atoms with Crippen LogP contribution in [0.3, 0.4) is 0 Å². The summed E-state index contributed by atoms with van der Waals surface area (Å²) in [5, 5.41) is -0.784. The second kappa shape index (κ2) is 6.45. The summed E-state index contributed by atoms with van der Waals surface area (Å²) < 4.78 is 69.9. The van der Waals surface area contributed by atoms with E-state index >= 15 is 0 Å². The van der Waals surface area contributed by atoms with E-state index < -0.39 is 21.4 Å². The van der Waals surface area contributed by atoms with E-state index in [4.69, 9.17) is 4.74 Å². The molecule has 0 spiro atoms. The first kappa shape index (κ1) is 17.1. The largest absolute Gasteiger partial charge is 0.573 e. The van der Waals surface area contributed by atoms with E-state index in [1.54, 1.807) is 0 Å². The van der Waals surface area contributed by atoms with E-state index in [0.717, 1.165) is 12.1 Å². The fourth-order valence-electron chi connectivity index (χ4n) is 2.34. The quantitative estimate of drug-likeness (QED) is 0.828. The average molecular weight is 338 g/mol. The summed E-state index contributed by atoms with van der Waals surface area (Å²) in [6.45, 7) is 2.53. The van der Waals surface area contributed by atoms with Gasteiger partial charge in [-0.15, -0.1) is 13.2 Å². The van der Waals surface area contributed by atoms with Crippen LogP contribution in [0.5, 0.6) is 5.75 Å². The van der Waals surface area contributed by atoms with Crippen molar-refractivity contribution in [3.05, 3.63) is 29.8 Å². The molecule has 1 aromatic rings. The zero-order valence-corrected chi connectivity index (χ0v) is 12.8. The van der Waals surface area contributed by atoms with Gasteiger partial charge in [0.2, 0.25) is 0 Å². The van der Waals surface area contributed by atoms with Gasteiger partial charge in [-0.05, 0) is 37.0 Å². The molecule has 1 aliphatic heterocycles. The molecule has 2 atom stereocenters. The third kappa shape index (κ3) is 4.61. The van der Waals surface area contributed by atoms with Gasteiger partial charge in [0, 0.05) is 6.61 Å². The highest BCUT2D eigenvalue weighted by Crippen LogP contribution is 2.29. The monoisotopic (exact) mass is 338 g/mol. The third-order valence-electron chi connectivity index (χ3n) is 3.61.